The maximum Gasteiger partial charge on any atom is 0.337 e. The summed E-state index contributed by atoms with van der Waals surface area (Å²) in [6.45, 7) is 3.18. The van der Waals surface area contributed by atoms with Gasteiger partial charge in [0, 0.05) is 12.7 Å². The van der Waals surface area contributed by atoms with Crippen LogP contribution in [-0.2, 0) is 0 Å². The number of rotatable bonds is 5. The fourth-order valence-electron chi connectivity index (χ4n) is 2.68. The molecular formula is C14H20N2O2. The number of aromatic carboxylic acids is 1. The molecule has 4 nitrogen and oxygen atoms in total. The number of carbonyl (C=O) groups is 1. The van der Waals surface area contributed by atoms with Crippen LogP contribution < -0.4 is 5.32 Å². The molecule has 0 radical (unpaired) electrons. The molecule has 4 heteroatoms. The Bertz CT molecular complexity index is 408. The minimum absolute atomic E-state index is 0.228. The van der Waals surface area contributed by atoms with Gasteiger partial charge in [-0.3, -0.25) is 0 Å². The topological polar surface area (TPSA) is 62.2 Å². The third-order valence-electron chi connectivity index (χ3n) is 4.07. The number of nitrogens with one attached hydrogen (secondary N) is 1. The lowest BCUT2D eigenvalue weighted by atomic mass is 9.83. The Morgan fingerprint density at radius 3 is 2.67 bits per heavy atom. The van der Waals surface area contributed by atoms with E-state index in [0.29, 0.717) is 5.41 Å². The van der Waals surface area contributed by atoms with Crippen LogP contribution in [0.3, 0.4) is 0 Å². The normalized spacial score (nSPS) is 17.6. The second-order valence-corrected chi connectivity index (χ2v) is 5.15. The van der Waals surface area contributed by atoms with Crippen molar-refractivity contribution < 1.29 is 9.90 Å². The van der Waals surface area contributed by atoms with Crippen molar-refractivity contribution >= 4 is 11.8 Å². The van der Waals surface area contributed by atoms with Crippen molar-refractivity contribution in [3.8, 4) is 0 Å². The monoisotopic (exact) mass is 248 g/mol. The van der Waals surface area contributed by atoms with E-state index in [1.54, 1.807) is 12.1 Å². The van der Waals surface area contributed by atoms with Crippen LogP contribution in [0.4, 0.5) is 5.82 Å². The summed E-state index contributed by atoms with van der Waals surface area (Å²) >= 11 is 0. The van der Waals surface area contributed by atoms with E-state index in [1.807, 2.05) is 0 Å². The van der Waals surface area contributed by atoms with E-state index in [4.69, 9.17) is 5.11 Å². The van der Waals surface area contributed by atoms with Gasteiger partial charge >= 0.3 is 5.97 Å². The predicted molar refractivity (Wildman–Crippen MR) is 70.9 cm³/mol. The molecule has 0 aromatic carbocycles. The van der Waals surface area contributed by atoms with Gasteiger partial charge in [-0.25, -0.2) is 9.78 Å². The van der Waals surface area contributed by atoms with Gasteiger partial charge in [-0.05, 0) is 36.8 Å². The molecule has 98 valence electrons. The Morgan fingerprint density at radius 2 is 2.17 bits per heavy atom. The van der Waals surface area contributed by atoms with Crippen LogP contribution in [0, 0.1) is 5.41 Å². The van der Waals surface area contributed by atoms with Crippen molar-refractivity contribution in [3.05, 3.63) is 23.9 Å². The number of carboxylic acid groups (broad SMARTS) is 1. The number of hydrogen-bond donors (Lipinski definition) is 2. The zero-order valence-corrected chi connectivity index (χ0v) is 10.8. The molecular weight excluding hydrogens is 228 g/mol. The van der Waals surface area contributed by atoms with Gasteiger partial charge in [0.1, 0.15) is 5.82 Å². The summed E-state index contributed by atoms with van der Waals surface area (Å²) in [5.41, 5.74) is 0.638. The Labute approximate surface area is 107 Å². The molecule has 0 aliphatic heterocycles. The number of aromatic nitrogens is 1. The van der Waals surface area contributed by atoms with Gasteiger partial charge < -0.3 is 10.4 Å². The molecule has 1 heterocycles. The van der Waals surface area contributed by atoms with E-state index in [9.17, 15) is 4.79 Å². The van der Waals surface area contributed by atoms with Gasteiger partial charge in [0.05, 0.1) is 5.56 Å². The molecule has 0 amide bonds. The van der Waals surface area contributed by atoms with Crippen LogP contribution in [0.1, 0.15) is 49.4 Å². The number of carboxylic acids is 1. The molecule has 1 aliphatic rings. The average molecular weight is 248 g/mol. The van der Waals surface area contributed by atoms with E-state index >= 15 is 0 Å². The third-order valence-corrected chi connectivity index (χ3v) is 4.07. The summed E-state index contributed by atoms with van der Waals surface area (Å²) < 4.78 is 0. The quantitative estimate of drug-likeness (QED) is 0.840. The maximum absolute atomic E-state index is 10.7. The first-order chi connectivity index (χ1) is 8.65. The van der Waals surface area contributed by atoms with Gasteiger partial charge in [0.15, 0.2) is 0 Å². The summed E-state index contributed by atoms with van der Waals surface area (Å²) in [4.78, 5) is 14.9. The Morgan fingerprint density at radius 1 is 1.44 bits per heavy atom. The lowest BCUT2D eigenvalue weighted by Gasteiger charge is -2.27. The van der Waals surface area contributed by atoms with E-state index in [2.05, 4.69) is 17.2 Å². The summed E-state index contributed by atoms with van der Waals surface area (Å²) in [5, 5.41) is 12.1. The van der Waals surface area contributed by atoms with Crippen molar-refractivity contribution in [2.45, 2.75) is 39.0 Å². The molecule has 1 aromatic heterocycles. The molecule has 2 rings (SSSR count). The first kappa shape index (κ1) is 12.9. The number of pyridine rings is 1. The fourth-order valence-corrected chi connectivity index (χ4v) is 2.68. The van der Waals surface area contributed by atoms with Crippen molar-refractivity contribution in [1.29, 1.82) is 0 Å². The summed E-state index contributed by atoms with van der Waals surface area (Å²) in [7, 11) is 0. The molecule has 18 heavy (non-hydrogen) atoms. The van der Waals surface area contributed by atoms with E-state index in [0.717, 1.165) is 12.4 Å². The molecule has 1 saturated carbocycles. The first-order valence-corrected chi connectivity index (χ1v) is 6.58. The SMILES string of the molecule is CCC1(CNc2ccc(C(=O)O)cn2)CCCC1. The van der Waals surface area contributed by atoms with Crippen LogP contribution in [0.25, 0.3) is 0 Å². The van der Waals surface area contributed by atoms with Crippen LogP contribution >= 0.6 is 0 Å². The van der Waals surface area contributed by atoms with Crippen molar-refractivity contribution in [2.24, 2.45) is 5.41 Å². The van der Waals surface area contributed by atoms with Crippen LogP contribution in [0.5, 0.6) is 0 Å². The summed E-state index contributed by atoms with van der Waals surface area (Å²) in [5.74, 6) is -0.172. The molecule has 0 spiro atoms. The predicted octanol–water partition coefficient (Wildman–Crippen LogP) is 3.16. The Kier molecular flexibility index (Phi) is 3.84. The standard InChI is InChI=1S/C14H20N2O2/c1-2-14(7-3-4-8-14)10-16-12-6-5-11(9-15-12)13(17)18/h5-6,9H,2-4,7-8,10H2,1H3,(H,15,16)(H,17,18). The molecule has 0 bridgehead atoms. The van der Waals surface area contributed by atoms with Crippen LogP contribution in [-0.4, -0.2) is 22.6 Å². The van der Waals surface area contributed by atoms with Gasteiger partial charge in [-0.2, -0.15) is 0 Å². The highest BCUT2D eigenvalue weighted by molar-refractivity contribution is 5.87. The van der Waals surface area contributed by atoms with Crippen molar-refractivity contribution in [2.75, 3.05) is 11.9 Å². The number of hydrogen-bond acceptors (Lipinski definition) is 3. The molecule has 1 aromatic rings. The fraction of sp³-hybridized carbons (Fsp3) is 0.571. The second-order valence-electron chi connectivity index (χ2n) is 5.15. The zero-order chi connectivity index (χ0) is 13.0. The molecule has 1 aliphatic carbocycles. The first-order valence-electron chi connectivity index (χ1n) is 6.58. The second kappa shape index (κ2) is 5.38. The Balaban J connectivity index is 1.95. The third kappa shape index (κ3) is 2.81. The molecule has 2 N–H and O–H groups in total. The summed E-state index contributed by atoms with van der Waals surface area (Å²) in [6.07, 6.45) is 7.79. The van der Waals surface area contributed by atoms with E-state index in [1.165, 1.54) is 38.3 Å². The number of nitrogens with zero attached hydrogens (tertiary/aromatic N) is 1. The molecule has 0 unspecified atom stereocenters. The van der Waals surface area contributed by atoms with Gasteiger partial charge in [-0.15, -0.1) is 0 Å². The van der Waals surface area contributed by atoms with Gasteiger partial charge in [0.2, 0.25) is 0 Å². The van der Waals surface area contributed by atoms with Gasteiger partial charge in [0.25, 0.3) is 0 Å². The smallest absolute Gasteiger partial charge is 0.337 e. The molecule has 0 atom stereocenters. The lowest BCUT2D eigenvalue weighted by molar-refractivity contribution is 0.0696. The highest BCUT2D eigenvalue weighted by atomic mass is 16.4. The van der Waals surface area contributed by atoms with Crippen molar-refractivity contribution in [3.63, 3.8) is 0 Å². The molecule has 0 saturated heterocycles. The largest absolute Gasteiger partial charge is 0.478 e. The van der Waals surface area contributed by atoms with Gasteiger partial charge in [-0.1, -0.05) is 19.8 Å². The average Bonchev–Trinajstić information content (AvgIpc) is 2.86. The van der Waals surface area contributed by atoms with Crippen molar-refractivity contribution in [1.82, 2.24) is 4.98 Å². The highest BCUT2D eigenvalue weighted by Gasteiger charge is 2.31. The maximum atomic E-state index is 10.7. The highest BCUT2D eigenvalue weighted by Crippen LogP contribution is 2.40. The van der Waals surface area contributed by atoms with E-state index in [-0.39, 0.29) is 5.56 Å². The van der Waals surface area contributed by atoms with Crippen LogP contribution in [0.15, 0.2) is 18.3 Å². The van der Waals surface area contributed by atoms with E-state index < -0.39 is 5.97 Å². The summed E-state index contributed by atoms with van der Waals surface area (Å²) in [6, 6.07) is 3.33. The lowest BCUT2D eigenvalue weighted by Crippen LogP contribution is -2.26. The minimum Gasteiger partial charge on any atom is -0.478 e. The Hall–Kier alpha value is -1.58. The molecule has 1 fully saturated rings. The zero-order valence-electron chi connectivity index (χ0n) is 10.8. The minimum atomic E-state index is -0.935. The van der Waals surface area contributed by atoms with Crippen LogP contribution in [0.2, 0.25) is 0 Å². The number of anilines is 1.